The van der Waals surface area contributed by atoms with Gasteiger partial charge in [0, 0.05) is 22.9 Å². The molecule has 42 heavy (non-hydrogen) atoms. The Morgan fingerprint density at radius 2 is 0.952 bits per heavy atom. The lowest BCUT2D eigenvalue weighted by Gasteiger charge is -2.12. The van der Waals surface area contributed by atoms with Crippen molar-refractivity contribution in [1.29, 1.82) is 0 Å². The summed E-state index contributed by atoms with van der Waals surface area (Å²) in [6.45, 7) is 6.33. The van der Waals surface area contributed by atoms with Crippen molar-refractivity contribution in [2.24, 2.45) is 0 Å². The van der Waals surface area contributed by atoms with Gasteiger partial charge in [0.05, 0.1) is 24.3 Å². The molecule has 4 rings (SSSR count). The third-order valence-corrected chi connectivity index (χ3v) is 8.66. The van der Waals surface area contributed by atoms with Crippen LogP contribution in [0.1, 0.15) is 58.5 Å². The minimum atomic E-state index is -0.151. The van der Waals surface area contributed by atoms with Crippen LogP contribution in [0.25, 0.3) is 0 Å². The maximum Gasteiger partial charge on any atom is 0.252 e. The number of rotatable bonds is 15. The number of nitrogens with one attached hydrogen (secondary N) is 2. The van der Waals surface area contributed by atoms with E-state index in [2.05, 4.69) is 24.5 Å². The van der Waals surface area contributed by atoms with E-state index in [9.17, 15) is 9.59 Å². The molecule has 0 bridgehead atoms. The summed E-state index contributed by atoms with van der Waals surface area (Å²) in [7, 11) is 2.92. The number of carbonyl (C=O) groups is 2. The predicted octanol–water partition coefficient (Wildman–Crippen LogP) is 7.92. The van der Waals surface area contributed by atoms with Crippen LogP contribution in [0.15, 0.2) is 107 Å². The Bertz CT molecular complexity index is 1330. The molecular formula is C34H36N2O4S2. The second-order valence-corrected chi connectivity index (χ2v) is 11.7. The maximum absolute atomic E-state index is 13.1. The molecule has 6 nitrogen and oxygen atoms in total. The molecule has 4 aromatic carbocycles. The first kappa shape index (κ1) is 31.1. The lowest BCUT2D eigenvalue weighted by molar-refractivity contribution is 0.0940. The molecular weight excluding hydrogens is 565 g/mol. The number of carbonyl (C=O) groups excluding carboxylic acids is 2. The lowest BCUT2D eigenvalue weighted by Crippen LogP contribution is -2.23. The number of hydrogen-bond donors (Lipinski definition) is 2. The molecule has 4 aromatic rings. The molecule has 0 radical (unpaired) electrons. The fourth-order valence-electron chi connectivity index (χ4n) is 3.95. The minimum absolute atomic E-state index is 0.151. The molecule has 0 saturated carbocycles. The van der Waals surface area contributed by atoms with Gasteiger partial charge < -0.3 is 20.1 Å². The van der Waals surface area contributed by atoms with Crippen molar-refractivity contribution in [1.82, 2.24) is 10.6 Å². The highest BCUT2D eigenvalue weighted by Gasteiger charge is 2.15. The van der Waals surface area contributed by atoms with Crippen molar-refractivity contribution in [2.75, 3.05) is 13.2 Å². The van der Waals surface area contributed by atoms with E-state index in [1.807, 2.05) is 97.1 Å². The SMILES string of the molecule is CCCOc1ccc(CNC(=O)c2ccccc2SSc2ccccc2C(=O)NCc2ccc(OCCC)cc2)cc1. The summed E-state index contributed by atoms with van der Waals surface area (Å²) >= 11 is 0. The summed E-state index contributed by atoms with van der Waals surface area (Å²) in [5.41, 5.74) is 3.16. The molecule has 0 unspecified atom stereocenters. The standard InChI is InChI=1S/C34H36N2O4S2/c1-3-21-39-27-17-13-25(14-18-27)23-35-33(37)29-9-5-7-11-31(29)41-42-32-12-8-6-10-30(32)34(38)36-24-26-15-19-28(20-16-26)40-22-4-2/h5-20H,3-4,21-24H2,1-2H3,(H,35,37)(H,36,38). The molecule has 0 saturated heterocycles. The zero-order chi connectivity index (χ0) is 29.6. The van der Waals surface area contributed by atoms with Gasteiger partial charge in [-0.2, -0.15) is 0 Å². The summed E-state index contributed by atoms with van der Waals surface area (Å²) in [5, 5.41) is 6.03. The molecule has 0 aliphatic rings. The van der Waals surface area contributed by atoms with Crippen LogP contribution in [0.4, 0.5) is 0 Å². The predicted molar refractivity (Wildman–Crippen MR) is 171 cm³/mol. The number of benzene rings is 4. The van der Waals surface area contributed by atoms with Crippen molar-refractivity contribution in [3.8, 4) is 11.5 Å². The average molecular weight is 601 g/mol. The van der Waals surface area contributed by atoms with E-state index >= 15 is 0 Å². The molecule has 0 aliphatic carbocycles. The largest absolute Gasteiger partial charge is 0.494 e. The third kappa shape index (κ3) is 9.33. The fourth-order valence-corrected chi connectivity index (χ4v) is 6.31. The Balaban J connectivity index is 1.34. The number of ether oxygens (including phenoxy) is 2. The van der Waals surface area contributed by atoms with Gasteiger partial charge >= 0.3 is 0 Å². The first-order valence-corrected chi connectivity index (χ1v) is 16.2. The molecule has 0 atom stereocenters. The van der Waals surface area contributed by atoms with Crippen molar-refractivity contribution >= 4 is 33.4 Å². The summed E-state index contributed by atoms with van der Waals surface area (Å²) in [4.78, 5) is 27.8. The van der Waals surface area contributed by atoms with Crippen LogP contribution in [0.3, 0.4) is 0 Å². The first-order chi connectivity index (χ1) is 20.6. The normalized spacial score (nSPS) is 10.6. The van der Waals surface area contributed by atoms with E-state index in [1.54, 1.807) is 0 Å². The second-order valence-electron chi connectivity index (χ2n) is 9.51. The average Bonchev–Trinajstić information content (AvgIpc) is 3.04. The van der Waals surface area contributed by atoms with Gasteiger partial charge in [0.1, 0.15) is 11.5 Å². The first-order valence-electron chi connectivity index (χ1n) is 14.1. The van der Waals surface area contributed by atoms with Crippen LogP contribution < -0.4 is 20.1 Å². The molecule has 2 N–H and O–H groups in total. The zero-order valence-corrected chi connectivity index (χ0v) is 25.6. The van der Waals surface area contributed by atoms with Crippen molar-refractivity contribution in [3.05, 3.63) is 119 Å². The number of hydrogen-bond acceptors (Lipinski definition) is 6. The highest BCUT2D eigenvalue weighted by atomic mass is 33.1. The minimum Gasteiger partial charge on any atom is -0.494 e. The van der Waals surface area contributed by atoms with E-state index in [-0.39, 0.29) is 11.8 Å². The highest BCUT2D eigenvalue weighted by molar-refractivity contribution is 8.76. The van der Waals surface area contributed by atoms with Gasteiger partial charge in [-0.25, -0.2) is 0 Å². The van der Waals surface area contributed by atoms with Gasteiger partial charge in [-0.05, 0) is 72.5 Å². The van der Waals surface area contributed by atoms with Gasteiger partial charge in [-0.15, -0.1) is 0 Å². The van der Waals surface area contributed by atoms with Crippen molar-refractivity contribution in [2.45, 2.75) is 49.6 Å². The molecule has 0 heterocycles. The van der Waals surface area contributed by atoms with Gasteiger partial charge in [-0.3, -0.25) is 9.59 Å². The summed E-state index contributed by atoms with van der Waals surface area (Å²) < 4.78 is 11.3. The zero-order valence-electron chi connectivity index (χ0n) is 23.9. The quantitative estimate of drug-likeness (QED) is 0.135. The van der Waals surface area contributed by atoms with E-state index in [0.29, 0.717) is 37.4 Å². The molecule has 8 heteroatoms. The van der Waals surface area contributed by atoms with Gasteiger partial charge in [-0.1, -0.05) is 84.0 Å². The van der Waals surface area contributed by atoms with Crippen LogP contribution in [0.2, 0.25) is 0 Å². The van der Waals surface area contributed by atoms with E-state index < -0.39 is 0 Å². The topological polar surface area (TPSA) is 76.7 Å². The Morgan fingerprint density at radius 1 is 0.571 bits per heavy atom. The van der Waals surface area contributed by atoms with Crippen LogP contribution >= 0.6 is 21.6 Å². The summed E-state index contributed by atoms with van der Waals surface area (Å²) in [6.07, 6.45) is 1.91. The van der Waals surface area contributed by atoms with E-state index in [1.165, 1.54) is 21.6 Å². The molecule has 0 aromatic heterocycles. The van der Waals surface area contributed by atoms with Gasteiger partial charge in [0.25, 0.3) is 11.8 Å². The Labute approximate surface area is 256 Å². The van der Waals surface area contributed by atoms with Crippen molar-refractivity contribution < 1.29 is 19.1 Å². The summed E-state index contributed by atoms with van der Waals surface area (Å²) in [5.74, 6) is 1.35. The smallest absolute Gasteiger partial charge is 0.252 e. The summed E-state index contributed by atoms with van der Waals surface area (Å²) in [6, 6.07) is 30.5. The Kier molecular flexibility index (Phi) is 12.2. The fraction of sp³-hybridized carbons (Fsp3) is 0.235. The van der Waals surface area contributed by atoms with Crippen LogP contribution in [0.5, 0.6) is 11.5 Å². The lowest BCUT2D eigenvalue weighted by atomic mass is 10.2. The van der Waals surface area contributed by atoms with Gasteiger partial charge in [0.2, 0.25) is 0 Å². The number of amides is 2. The molecule has 2 amide bonds. The molecule has 218 valence electrons. The van der Waals surface area contributed by atoms with E-state index in [4.69, 9.17) is 9.47 Å². The van der Waals surface area contributed by atoms with Crippen LogP contribution in [-0.2, 0) is 13.1 Å². The highest BCUT2D eigenvalue weighted by Crippen LogP contribution is 2.40. The Morgan fingerprint density at radius 3 is 1.33 bits per heavy atom. The molecule has 0 spiro atoms. The molecule has 0 aliphatic heterocycles. The van der Waals surface area contributed by atoms with Crippen LogP contribution in [-0.4, -0.2) is 25.0 Å². The van der Waals surface area contributed by atoms with E-state index in [0.717, 1.165) is 45.3 Å². The van der Waals surface area contributed by atoms with Gasteiger partial charge in [0.15, 0.2) is 0 Å². The Hall–Kier alpha value is -3.88. The maximum atomic E-state index is 13.1. The third-order valence-electron chi connectivity index (χ3n) is 6.18. The monoisotopic (exact) mass is 600 g/mol. The van der Waals surface area contributed by atoms with Crippen molar-refractivity contribution in [3.63, 3.8) is 0 Å². The van der Waals surface area contributed by atoms with Crippen LogP contribution in [0, 0.1) is 0 Å². The second kappa shape index (κ2) is 16.5. The molecule has 0 fully saturated rings.